The molecule has 132 valence electrons. The number of pyridine rings is 1. The second-order valence-corrected chi connectivity index (χ2v) is 5.90. The lowest BCUT2D eigenvalue weighted by molar-refractivity contribution is -0.120. The van der Waals surface area contributed by atoms with E-state index in [1.807, 2.05) is 30.3 Å². The van der Waals surface area contributed by atoms with E-state index in [0.717, 1.165) is 11.8 Å². The zero-order valence-corrected chi connectivity index (χ0v) is 13.7. The van der Waals surface area contributed by atoms with Crippen molar-refractivity contribution in [2.75, 3.05) is 6.54 Å². The van der Waals surface area contributed by atoms with Crippen LogP contribution in [0.15, 0.2) is 53.7 Å². The quantitative estimate of drug-likeness (QED) is 0.768. The van der Waals surface area contributed by atoms with E-state index < -0.39 is 34.1 Å². The molecule has 0 spiro atoms. The van der Waals surface area contributed by atoms with Gasteiger partial charge in [0.1, 0.15) is 5.03 Å². The molecule has 1 aromatic carbocycles. The standard InChI is InChI=1S/C16H14F3N3O2S/c17-16(18,19)25-15-12(7-4-8-20-15)14(24)22-10-13(23)21-9-11-5-2-1-3-6-11/h1-8H,9-10H2,(H,21,23)(H,22,24). The summed E-state index contributed by atoms with van der Waals surface area (Å²) in [6.45, 7) is -0.0612. The van der Waals surface area contributed by atoms with Crippen molar-refractivity contribution in [1.82, 2.24) is 15.6 Å². The van der Waals surface area contributed by atoms with Crippen LogP contribution in [0.3, 0.4) is 0 Å². The first-order chi connectivity index (χ1) is 11.8. The van der Waals surface area contributed by atoms with E-state index in [1.54, 1.807) is 0 Å². The predicted molar refractivity (Wildman–Crippen MR) is 86.8 cm³/mol. The van der Waals surface area contributed by atoms with Crippen molar-refractivity contribution in [2.24, 2.45) is 0 Å². The molecule has 0 saturated carbocycles. The van der Waals surface area contributed by atoms with E-state index in [0.29, 0.717) is 0 Å². The monoisotopic (exact) mass is 369 g/mol. The van der Waals surface area contributed by atoms with Crippen molar-refractivity contribution in [2.45, 2.75) is 17.1 Å². The molecule has 0 atom stereocenters. The Morgan fingerprint density at radius 2 is 1.76 bits per heavy atom. The summed E-state index contributed by atoms with van der Waals surface area (Å²) in [6.07, 6.45) is 1.16. The third kappa shape index (κ3) is 6.46. The first-order valence-electron chi connectivity index (χ1n) is 7.15. The van der Waals surface area contributed by atoms with Crippen molar-refractivity contribution in [1.29, 1.82) is 0 Å². The molecular formula is C16H14F3N3O2S. The van der Waals surface area contributed by atoms with Crippen LogP contribution in [0.25, 0.3) is 0 Å². The van der Waals surface area contributed by atoms with Gasteiger partial charge >= 0.3 is 5.51 Å². The minimum Gasteiger partial charge on any atom is -0.350 e. The first-order valence-corrected chi connectivity index (χ1v) is 7.96. The number of carbonyl (C=O) groups is 2. The van der Waals surface area contributed by atoms with Crippen LogP contribution in [-0.4, -0.2) is 28.9 Å². The molecule has 2 N–H and O–H groups in total. The molecule has 2 amide bonds. The largest absolute Gasteiger partial charge is 0.447 e. The van der Waals surface area contributed by atoms with E-state index in [9.17, 15) is 22.8 Å². The Morgan fingerprint density at radius 1 is 1.04 bits per heavy atom. The second kappa shape index (κ2) is 8.52. The normalized spacial score (nSPS) is 11.0. The number of benzene rings is 1. The summed E-state index contributed by atoms with van der Waals surface area (Å²) >= 11 is -0.475. The zero-order valence-electron chi connectivity index (χ0n) is 12.8. The van der Waals surface area contributed by atoms with Crippen molar-refractivity contribution >= 4 is 23.6 Å². The lowest BCUT2D eigenvalue weighted by Crippen LogP contribution is -2.36. The number of aromatic nitrogens is 1. The zero-order chi connectivity index (χ0) is 18.3. The molecule has 0 saturated heterocycles. The van der Waals surface area contributed by atoms with Gasteiger partial charge in [0.2, 0.25) is 5.91 Å². The Labute approximate surface area is 146 Å². The second-order valence-electron chi connectivity index (χ2n) is 4.85. The van der Waals surface area contributed by atoms with Gasteiger partial charge in [-0.2, -0.15) is 13.2 Å². The van der Waals surface area contributed by atoms with Crippen LogP contribution in [0.2, 0.25) is 0 Å². The molecular weight excluding hydrogens is 355 g/mol. The fourth-order valence-electron chi connectivity index (χ4n) is 1.87. The maximum Gasteiger partial charge on any atom is 0.447 e. The van der Waals surface area contributed by atoms with E-state index >= 15 is 0 Å². The number of rotatable bonds is 6. The molecule has 0 bridgehead atoms. The SMILES string of the molecule is O=C(CNC(=O)c1cccnc1SC(F)(F)F)NCc1ccccc1. The minimum atomic E-state index is -4.56. The highest BCUT2D eigenvalue weighted by Gasteiger charge is 2.32. The fourth-order valence-corrected chi connectivity index (χ4v) is 2.47. The van der Waals surface area contributed by atoms with Gasteiger partial charge in [0, 0.05) is 24.5 Å². The number of carbonyl (C=O) groups excluding carboxylic acids is 2. The van der Waals surface area contributed by atoms with Gasteiger partial charge in [-0.15, -0.1) is 0 Å². The van der Waals surface area contributed by atoms with Gasteiger partial charge in [-0.25, -0.2) is 4.98 Å². The molecule has 9 heteroatoms. The van der Waals surface area contributed by atoms with E-state index in [4.69, 9.17) is 0 Å². The summed E-state index contributed by atoms with van der Waals surface area (Å²) in [5, 5.41) is 4.43. The third-order valence-corrected chi connectivity index (χ3v) is 3.72. The average molecular weight is 369 g/mol. The van der Waals surface area contributed by atoms with Crippen molar-refractivity contribution in [3.63, 3.8) is 0 Å². The topological polar surface area (TPSA) is 71.1 Å². The maximum atomic E-state index is 12.5. The van der Waals surface area contributed by atoms with Gasteiger partial charge in [0.05, 0.1) is 12.1 Å². The number of alkyl halides is 3. The molecule has 0 fully saturated rings. The summed E-state index contributed by atoms with van der Waals surface area (Å²) in [5.74, 6) is -1.25. The summed E-state index contributed by atoms with van der Waals surface area (Å²) in [4.78, 5) is 27.3. The molecule has 25 heavy (non-hydrogen) atoms. The van der Waals surface area contributed by atoms with Crippen LogP contribution in [-0.2, 0) is 11.3 Å². The third-order valence-electron chi connectivity index (χ3n) is 2.97. The molecule has 1 heterocycles. The highest BCUT2D eigenvalue weighted by atomic mass is 32.2. The molecule has 2 aromatic rings. The molecule has 5 nitrogen and oxygen atoms in total. The summed E-state index contributed by atoms with van der Waals surface area (Å²) < 4.78 is 37.5. The van der Waals surface area contributed by atoms with Crippen LogP contribution in [0.4, 0.5) is 13.2 Å². The molecule has 0 aliphatic heterocycles. The van der Waals surface area contributed by atoms with Crippen molar-refractivity contribution in [3.8, 4) is 0 Å². The molecule has 2 rings (SSSR count). The van der Waals surface area contributed by atoms with Crippen molar-refractivity contribution in [3.05, 3.63) is 59.8 Å². The van der Waals surface area contributed by atoms with Crippen molar-refractivity contribution < 1.29 is 22.8 Å². The first kappa shape index (κ1) is 18.8. The molecule has 0 aliphatic rings. The average Bonchev–Trinajstić information content (AvgIpc) is 2.58. The van der Waals surface area contributed by atoms with E-state index in [-0.39, 0.29) is 18.7 Å². The molecule has 1 aromatic heterocycles. The van der Waals surface area contributed by atoms with Gasteiger partial charge in [-0.1, -0.05) is 30.3 Å². The van der Waals surface area contributed by atoms with Crippen LogP contribution < -0.4 is 10.6 Å². The lowest BCUT2D eigenvalue weighted by Gasteiger charge is -2.10. The molecule has 0 aliphatic carbocycles. The van der Waals surface area contributed by atoms with Gasteiger partial charge in [0.15, 0.2) is 0 Å². The molecule has 0 unspecified atom stereocenters. The lowest BCUT2D eigenvalue weighted by atomic mass is 10.2. The Morgan fingerprint density at radius 3 is 2.44 bits per heavy atom. The van der Waals surface area contributed by atoms with Crippen LogP contribution >= 0.6 is 11.8 Å². The number of hydrogen-bond acceptors (Lipinski definition) is 4. The Hall–Kier alpha value is -2.55. The Balaban J connectivity index is 1.89. The highest BCUT2D eigenvalue weighted by Crippen LogP contribution is 2.37. The highest BCUT2D eigenvalue weighted by molar-refractivity contribution is 8.00. The fraction of sp³-hybridized carbons (Fsp3) is 0.188. The summed E-state index contributed by atoms with van der Waals surface area (Å²) in [5.41, 5.74) is -3.91. The Bertz CT molecular complexity index is 739. The number of amides is 2. The number of thioether (sulfide) groups is 1. The van der Waals surface area contributed by atoms with Crippen LogP contribution in [0.1, 0.15) is 15.9 Å². The Kier molecular flexibility index (Phi) is 6.40. The number of nitrogens with zero attached hydrogens (tertiary/aromatic N) is 1. The van der Waals surface area contributed by atoms with Crippen LogP contribution in [0, 0.1) is 0 Å². The minimum absolute atomic E-state index is 0.235. The number of halogens is 3. The van der Waals surface area contributed by atoms with Gasteiger partial charge < -0.3 is 10.6 Å². The van der Waals surface area contributed by atoms with Gasteiger partial charge in [-0.3, -0.25) is 9.59 Å². The van der Waals surface area contributed by atoms with Gasteiger partial charge in [-0.05, 0) is 17.7 Å². The van der Waals surface area contributed by atoms with Gasteiger partial charge in [0.25, 0.3) is 5.91 Å². The maximum absolute atomic E-state index is 12.5. The summed E-state index contributed by atoms with van der Waals surface area (Å²) in [6, 6.07) is 11.7. The number of hydrogen-bond donors (Lipinski definition) is 2. The number of nitrogens with one attached hydrogen (secondary N) is 2. The summed E-state index contributed by atoms with van der Waals surface area (Å²) in [7, 11) is 0. The van der Waals surface area contributed by atoms with E-state index in [1.165, 1.54) is 12.1 Å². The molecule has 0 radical (unpaired) electrons. The predicted octanol–water partition coefficient (Wildman–Crippen LogP) is 2.74. The smallest absolute Gasteiger partial charge is 0.350 e. The van der Waals surface area contributed by atoms with Crippen LogP contribution in [0.5, 0.6) is 0 Å². The van der Waals surface area contributed by atoms with E-state index in [2.05, 4.69) is 15.6 Å².